The molecule has 3 atom stereocenters. The number of amides is 1. The summed E-state index contributed by atoms with van der Waals surface area (Å²) in [6.07, 6.45) is 6.71. The SMILES string of the molecule is CC1OCCC1C(=O)NC(C(N)=S)C1CCCCC1. The zero-order valence-electron chi connectivity index (χ0n) is 11.6. The molecule has 3 N–H and O–H groups in total. The molecule has 2 fully saturated rings. The Morgan fingerprint density at radius 3 is 2.53 bits per heavy atom. The van der Waals surface area contributed by atoms with Crippen LogP contribution in [0.5, 0.6) is 0 Å². The highest BCUT2D eigenvalue weighted by Gasteiger charge is 2.34. The molecule has 19 heavy (non-hydrogen) atoms. The Bertz CT molecular complexity index is 342. The van der Waals surface area contributed by atoms with Crippen LogP contribution < -0.4 is 11.1 Å². The fourth-order valence-corrected chi connectivity index (χ4v) is 3.48. The average Bonchev–Trinajstić information content (AvgIpc) is 2.82. The van der Waals surface area contributed by atoms with Gasteiger partial charge in [0.25, 0.3) is 0 Å². The third kappa shape index (κ3) is 3.66. The minimum Gasteiger partial charge on any atom is -0.392 e. The van der Waals surface area contributed by atoms with Crippen molar-refractivity contribution in [3.63, 3.8) is 0 Å². The maximum Gasteiger partial charge on any atom is 0.226 e. The first-order valence-corrected chi connectivity index (χ1v) is 7.71. The third-order valence-corrected chi connectivity index (χ3v) is 4.69. The number of carbonyl (C=O) groups is 1. The van der Waals surface area contributed by atoms with Crippen molar-refractivity contribution in [1.29, 1.82) is 0 Å². The summed E-state index contributed by atoms with van der Waals surface area (Å²) in [5.41, 5.74) is 5.83. The van der Waals surface area contributed by atoms with Crippen LogP contribution in [0.4, 0.5) is 0 Å². The van der Waals surface area contributed by atoms with Gasteiger partial charge in [-0.3, -0.25) is 4.79 Å². The zero-order valence-corrected chi connectivity index (χ0v) is 12.4. The zero-order chi connectivity index (χ0) is 13.8. The lowest BCUT2D eigenvalue weighted by atomic mass is 9.83. The molecule has 5 heteroatoms. The molecule has 108 valence electrons. The van der Waals surface area contributed by atoms with Crippen molar-refractivity contribution in [3.05, 3.63) is 0 Å². The molecule has 1 amide bonds. The van der Waals surface area contributed by atoms with Gasteiger partial charge < -0.3 is 15.8 Å². The minimum absolute atomic E-state index is 0.00153. The monoisotopic (exact) mass is 284 g/mol. The smallest absolute Gasteiger partial charge is 0.226 e. The second kappa shape index (κ2) is 6.66. The molecular formula is C14H24N2O2S. The van der Waals surface area contributed by atoms with E-state index in [-0.39, 0.29) is 24.0 Å². The molecule has 0 aromatic rings. The Hall–Kier alpha value is -0.680. The van der Waals surface area contributed by atoms with Crippen molar-refractivity contribution in [2.45, 2.75) is 57.6 Å². The molecule has 0 spiro atoms. The quantitative estimate of drug-likeness (QED) is 0.772. The standard InChI is InChI=1S/C14H24N2O2S/c1-9-11(7-8-18-9)14(17)16-12(13(15)19)10-5-3-2-4-6-10/h9-12H,2-8H2,1H3,(H2,15,19)(H,16,17). The number of carbonyl (C=O) groups excluding carboxylic acids is 1. The third-order valence-electron chi connectivity index (χ3n) is 4.44. The molecule has 1 aliphatic carbocycles. The van der Waals surface area contributed by atoms with Gasteiger partial charge in [-0.2, -0.15) is 0 Å². The van der Waals surface area contributed by atoms with E-state index in [1.165, 1.54) is 19.3 Å². The van der Waals surface area contributed by atoms with Crippen molar-refractivity contribution in [2.24, 2.45) is 17.6 Å². The van der Waals surface area contributed by atoms with Crippen molar-refractivity contribution in [2.75, 3.05) is 6.61 Å². The van der Waals surface area contributed by atoms with Crippen LogP contribution in [0.2, 0.25) is 0 Å². The van der Waals surface area contributed by atoms with Gasteiger partial charge in [-0.25, -0.2) is 0 Å². The van der Waals surface area contributed by atoms with Gasteiger partial charge in [-0.1, -0.05) is 31.5 Å². The predicted octanol–water partition coefficient (Wildman–Crippen LogP) is 1.76. The van der Waals surface area contributed by atoms with Crippen molar-refractivity contribution in [3.8, 4) is 0 Å². The molecule has 3 unspecified atom stereocenters. The van der Waals surface area contributed by atoms with Crippen LogP contribution in [0.25, 0.3) is 0 Å². The van der Waals surface area contributed by atoms with Crippen molar-refractivity contribution in [1.82, 2.24) is 5.32 Å². The van der Waals surface area contributed by atoms with E-state index in [1.54, 1.807) is 0 Å². The fraction of sp³-hybridized carbons (Fsp3) is 0.857. The highest BCUT2D eigenvalue weighted by molar-refractivity contribution is 7.80. The van der Waals surface area contributed by atoms with Gasteiger partial charge >= 0.3 is 0 Å². The second-order valence-corrected chi connectivity index (χ2v) is 6.23. The number of hydrogen-bond acceptors (Lipinski definition) is 3. The largest absolute Gasteiger partial charge is 0.392 e. The predicted molar refractivity (Wildman–Crippen MR) is 78.8 cm³/mol. The van der Waals surface area contributed by atoms with E-state index in [1.807, 2.05) is 6.92 Å². The van der Waals surface area contributed by atoms with Crippen LogP contribution in [0, 0.1) is 11.8 Å². The van der Waals surface area contributed by atoms with E-state index >= 15 is 0 Å². The van der Waals surface area contributed by atoms with Crippen LogP contribution in [-0.2, 0) is 9.53 Å². The number of rotatable bonds is 4. The van der Waals surface area contributed by atoms with E-state index in [0.717, 1.165) is 19.3 Å². The Morgan fingerprint density at radius 1 is 1.32 bits per heavy atom. The van der Waals surface area contributed by atoms with E-state index in [0.29, 0.717) is 17.5 Å². The number of hydrogen-bond donors (Lipinski definition) is 2. The molecule has 4 nitrogen and oxygen atoms in total. The Labute approximate surface area is 120 Å². The molecule has 0 aromatic carbocycles. The summed E-state index contributed by atoms with van der Waals surface area (Å²) in [5.74, 6) is 0.404. The van der Waals surface area contributed by atoms with Gasteiger partial charge in [0.2, 0.25) is 5.91 Å². The molecular weight excluding hydrogens is 260 g/mol. The maximum atomic E-state index is 12.3. The Balaban J connectivity index is 1.95. The summed E-state index contributed by atoms with van der Waals surface area (Å²) < 4.78 is 5.45. The number of ether oxygens (including phenoxy) is 1. The molecule has 0 bridgehead atoms. The summed E-state index contributed by atoms with van der Waals surface area (Å²) in [4.78, 5) is 12.7. The molecule has 1 saturated carbocycles. The maximum absolute atomic E-state index is 12.3. The first-order chi connectivity index (χ1) is 9.09. The highest BCUT2D eigenvalue weighted by atomic mass is 32.1. The first kappa shape index (κ1) is 14.7. The molecule has 0 aromatic heterocycles. The summed E-state index contributed by atoms with van der Waals surface area (Å²) in [6.45, 7) is 2.62. The highest BCUT2D eigenvalue weighted by Crippen LogP contribution is 2.27. The Kier molecular flexibility index (Phi) is 5.16. The average molecular weight is 284 g/mol. The fourth-order valence-electron chi connectivity index (χ4n) is 3.23. The summed E-state index contributed by atoms with van der Waals surface area (Å²) in [6, 6.07) is -0.143. The molecule has 0 radical (unpaired) electrons. The normalized spacial score (nSPS) is 29.9. The van der Waals surface area contributed by atoms with E-state index < -0.39 is 0 Å². The van der Waals surface area contributed by atoms with Gasteiger partial charge in [-0.05, 0) is 32.1 Å². The van der Waals surface area contributed by atoms with Gasteiger partial charge in [0.05, 0.1) is 23.1 Å². The van der Waals surface area contributed by atoms with E-state index in [9.17, 15) is 4.79 Å². The van der Waals surface area contributed by atoms with Crippen LogP contribution in [-0.4, -0.2) is 29.6 Å². The molecule has 2 aliphatic rings. The summed E-state index contributed by atoms with van der Waals surface area (Å²) >= 11 is 5.15. The lowest BCUT2D eigenvalue weighted by Crippen LogP contribution is -2.51. The van der Waals surface area contributed by atoms with E-state index in [2.05, 4.69) is 5.32 Å². The summed E-state index contributed by atoms with van der Waals surface area (Å²) in [5, 5.41) is 3.07. The lowest BCUT2D eigenvalue weighted by molar-refractivity contribution is -0.127. The molecule has 2 rings (SSSR count). The topological polar surface area (TPSA) is 64.3 Å². The minimum atomic E-state index is -0.143. The first-order valence-electron chi connectivity index (χ1n) is 7.31. The van der Waals surface area contributed by atoms with Crippen LogP contribution in [0.3, 0.4) is 0 Å². The second-order valence-electron chi connectivity index (χ2n) is 5.76. The van der Waals surface area contributed by atoms with Crippen molar-refractivity contribution >= 4 is 23.1 Å². The molecule has 1 heterocycles. The van der Waals surface area contributed by atoms with Crippen LogP contribution in [0.1, 0.15) is 45.4 Å². The van der Waals surface area contributed by atoms with Crippen LogP contribution >= 0.6 is 12.2 Å². The van der Waals surface area contributed by atoms with E-state index in [4.69, 9.17) is 22.7 Å². The number of nitrogens with one attached hydrogen (secondary N) is 1. The van der Waals surface area contributed by atoms with Gasteiger partial charge in [0, 0.05) is 6.61 Å². The Morgan fingerprint density at radius 2 is 2.00 bits per heavy atom. The van der Waals surface area contributed by atoms with Gasteiger partial charge in [-0.15, -0.1) is 0 Å². The number of thiocarbonyl (C=S) groups is 1. The van der Waals surface area contributed by atoms with Gasteiger partial charge in [0.15, 0.2) is 0 Å². The summed E-state index contributed by atoms with van der Waals surface area (Å²) in [7, 11) is 0. The van der Waals surface area contributed by atoms with Crippen molar-refractivity contribution < 1.29 is 9.53 Å². The van der Waals surface area contributed by atoms with Gasteiger partial charge in [0.1, 0.15) is 0 Å². The molecule has 1 aliphatic heterocycles. The van der Waals surface area contributed by atoms with Crippen LogP contribution in [0.15, 0.2) is 0 Å². The lowest BCUT2D eigenvalue weighted by Gasteiger charge is -2.31. The number of nitrogens with two attached hydrogens (primary N) is 1. The molecule has 1 saturated heterocycles.